The van der Waals surface area contributed by atoms with Gasteiger partial charge in [0.1, 0.15) is 0 Å². The number of carbonyl (C=O) groups excluding carboxylic acids is 1. The second kappa shape index (κ2) is 6.18. The molecule has 20 heavy (non-hydrogen) atoms. The largest absolute Gasteiger partial charge is 0.325 e. The van der Waals surface area contributed by atoms with Crippen molar-refractivity contribution in [2.24, 2.45) is 0 Å². The summed E-state index contributed by atoms with van der Waals surface area (Å²) in [5.74, 6) is 0.0285. The number of carbonyl (C=O) groups is 1. The van der Waals surface area contributed by atoms with Crippen LogP contribution in [0.2, 0.25) is 0 Å². The Morgan fingerprint density at radius 3 is 2.65 bits per heavy atom. The van der Waals surface area contributed by atoms with Crippen molar-refractivity contribution in [2.75, 3.05) is 5.32 Å². The van der Waals surface area contributed by atoms with Gasteiger partial charge in [0.25, 0.3) is 0 Å². The molecule has 2 aromatic rings. The average Bonchev–Trinajstić information content (AvgIpc) is 2.70. The Morgan fingerprint density at radius 1 is 1.30 bits per heavy atom. The van der Waals surface area contributed by atoms with Crippen LogP contribution in [0.3, 0.4) is 0 Å². The molecule has 0 atom stereocenters. The van der Waals surface area contributed by atoms with E-state index in [4.69, 9.17) is 0 Å². The minimum absolute atomic E-state index is 0.0285. The van der Waals surface area contributed by atoms with Crippen LogP contribution in [0.5, 0.6) is 0 Å². The summed E-state index contributed by atoms with van der Waals surface area (Å²) in [5.41, 5.74) is 4.20. The number of rotatable bonds is 4. The van der Waals surface area contributed by atoms with Crippen LogP contribution in [-0.4, -0.2) is 10.9 Å². The number of nitrogens with zero attached hydrogens (tertiary/aromatic N) is 1. The highest BCUT2D eigenvalue weighted by molar-refractivity contribution is 7.11. The number of benzene rings is 1. The summed E-state index contributed by atoms with van der Waals surface area (Å²) in [7, 11) is 0. The Bertz CT molecular complexity index is 631. The highest BCUT2D eigenvalue weighted by Gasteiger charge is 2.12. The van der Waals surface area contributed by atoms with Crippen molar-refractivity contribution in [3.63, 3.8) is 0 Å². The van der Waals surface area contributed by atoms with Gasteiger partial charge in [-0.2, -0.15) is 0 Å². The first-order valence-electron chi connectivity index (χ1n) is 6.82. The molecule has 2 rings (SSSR count). The molecule has 0 radical (unpaired) electrons. The van der Waals surface area contributed by atoms with Crippen molar-refractivity contribution in [3.05, 3.63) is 44.9 Å². The average molecular weight is 288 g/mol. The zero-order valence-corrected chi connectivity index (χ0v) is 13.2. The predicted octanol–water partition coefficient (Wildman–Crippen LogP) is 3.81. The highest BCUT2D eigenvalue weighted by atomic mass is 32.1. The van der Waals surface area contributed by atoms with E-state index in [0.29, 0.717) is 6.42 Å². The molecule has 1 amide bonds. The molecule has 0 unspecified atom stereocenters. The van der Waals surface area contributed by atoms with E-state index in [1.807, 2.05) is 32.9 Å². The molecule has 0 spiro atoms. The van der Waals surface area contributed by atoms with Gasteiger partial charge in [-0.15, -0.1) is 11.3 Å². The molecule has 106 valence electrons. The van der Waals surface area contributed by atoms with Crippen LogP contribution in [-0.2, 0) is 17.6 Å². The number of nitrogens with one attached hydrogen (secondary N) is 1. The Balaban J connectivity index is 2.14. The van der Waals surface area contributed by atoms with Gasteiger partial charge in [-0.3, -0.25) is 4.79 Å². The summed E-state index contributed by atoms with van der Waals surface area (Å²) >= 11 is 1.60. The molecule has 3 nitrogen and oxygen atoms in total. The van der Waals surface area contributed by atoms with Gasteiger partial charge in [0.05, 0.1) is 17.1 Å². The SMILES string of the molecule is CCc1cccc(C)c1NC(=O)Cc1sc(C)nc1C. The van der Waals surface area contributed by atoms with Crippen LogP contribution < -0.4 is 5.32 Å². The molecule has 1 heterocycles. The van der Waals surface area contributed by atoms with Crippen molar-refractivity contribution < 1.29 is 4.79 Å². The maximum atomic E-state index is 12.2. The molecule has 0 aliphatic heterocycles. The van der Waals surface area contributed by atoms with Gasteiger partial charge in [0, 0.05) is 10.6 Å². The molecule has 0 bridgehead atoms. The summed E-state index contributed by atoms with van der Waals surface area (Å²) < 4.78 is 0. The van der Waals surface area contributed by atoms with Crippen molar-refractivity contribution in [2.45, 2.75) is 40.5 Å². The smallest absolute Gasteiger partial charge is 0.229 e. The van der Waals surface area contributed by atoms with Gasteiger partial charge in [0.15, 0.2) is 0 Å². The van der Waals surface area contributed by atoms with Crippen molar-refractivity contribution in [1.29, 1.82) is 0 Å². The molecular weight excluding hydrogens is 268 g/mol. The van der Waals surface area contributed by atoms with E-state index in [-0.39, 0.29) is 5.91 Å². The van der Waals surface area contributed by atoms with Gasteiger partial charge in [-0.25, -0.2) is 4.98 Å². The second-order valence-electron chi connectivity index (χ2n) is 4.93. The maximum Gasteiger partial charge on any atom is 0.229 e. The number of para-hydroxylation sites is 1. The van der Waals surface area contributed by atoms with E-state index in [0.717, 1.165) is 33.3 Å². The van der Waals surface area contributed by atoms with Gasteiger partial charge >= 0.3 is 0 Å². The minimum Gasteiger partial charge on any atom is -0.325 e. The maximum absolute atomic E-state index is 12.2. The van der Waals surface area contributed by atoms with Crippen molar-refractivity contribution in [3.8, 4) is 0 Å². The molecule has 0 aliphatic rings. The van der Waals surface area contributed by atoms with Gasteiger partial charge < -0.3 is 5.32 Å². The predicted molar refractivity (Wildman–Crippen MR) is 84.5 cm³/mol. The Hall–Kier alpha value is -1.68. The summed E-state index contributed by atoms with van der Waals surface area (Å²) in [6.07, 6.45) is 1.31. The first kappa shape index (κ1) is 14.7. The molecule has 0 saturated heterocycles. The molecule has 0 fully saturated rings. The monoisotopic (exact) mass is 288 g/mol. The lowest BCUT2D eigenvalue weighted by molar-refractivity contribution is -0.115. The van der Waals surface area contributed by atoms with E-state index in [2.05, 4.69) is 23.3 Å². The molecule has 4 heteroatoms. The topological polar surface area (TPSA) is 42.0 Å². The third-order valence-corrected chi connectivity index (χ3v) is 4.40. The Kier molecular flexibility index (Phi) is 4.55. The highest BCUT2D eigenvalue weighted by Crippen LogP contribution is 2.22. The third kappa shape index (κ3) is 3.25. The quantitative estimate of drug-likeness (QED) is 0.929. The Labute approximate surface area is 124 Å². The van der Waals surface area contributed by atoms with Crippen LogP contribution >= 0.6 is 11.3 Å². The fraction of sp³-hybridized carbons (Fsp3) is 0.375. The lowest BCUT2D eigenvalue weighted by Crippen LogP contribution is -2.16. The van der Waals surface area contributed by atoms with Crippen LogP contribution in [0.1, 0.15) is 33.6 Å². The summed E-state index contributed by atoms with van der Waals surface area (Å²) in [5, 5.41) is 4.06. The van der Waals surface area contributed by atoms with Crippen LogP contribution in [0.4, 0.5) is 5.69 Å². The van der Waals surface area contributed by atoms with Crippen molar-refractivity contribution in [1.82, 2.24) is 4.98 Å². The number of amides is 1. The van der Waals surface area contributed by atoms with Crippen LogP contribution in [0, 0.1) is 20.8 Å². The fourth-order valence-electron chi connectivity index (χ4n) is 2.27. The molecule has 1 N–H and O–H groups in total. The lowest BCUT2D eigenvalue weighted by atomic mass is 10.1. The third-order valence-electron chi connectivity index (χ3n) is 3.33. The van der Waals surface area contributed by atoms with Crippen LogP contribution in [0.25, 0.3) is 0 Å². The van der Waals surface area contributed by atoms with Gasteiger partial charge in [-0.05, 0) is 38.3 Å². The second-order valence-corrected chi connectivity index (χ2v) is 6.22. The first-order chi connectivity index (χ1) is 9.51. The molecular formula is C16H20N2OS. The van der Waals surface area contributed by atoms with Gasteiger partial charge in [0.2, 0.25) is 5.91 Å². The van der Waals surface area contributed by atoms with Crippen LogP contribution in [0.15, 0.2) is 18.2 Å². The fourth-order valence-corrected chi connectivity index (χ4v) is 3.20. The number of hydrogen-bond acceptors (Lipinski definition) is 3. The number of hydrogen-bond donors (Lipinski definition) is 1. The summed E-state index contributed by atoms with van der Waals surface area (Å²) in [6.45, 7) is 8.05. The summed E-state index contributed by atoms with van der Waals surface area (Å²) in [4.78, 5) is 17.6. The molecule has 0 aliphatic carbocycles. The zero-order chi connectivity index (χ0) is 14.7. The lowest BCUT2D eigenvalue weighted by Gasteiger charge is -2.12. The molecule has 1 aromatic carbocycles. The standard InChI is InChI=1S/C16H20N2OS/c1-5-13-8-6-7-10(2)16(13)18-15(19)9-14-11(3)17-12(4)20-14/h6-8H,5,9H2,1-4H3,(H,18,19). The summed E-state index contributed by atoms with van der Waals surface area (Å²) in [6, 6.07) is 6.11. The van der Waals surface area contributed by atoms with E-state index in [9.17, 15) is 4.79 Å². The van der Waals surface area contributed by atoms with E-state index < -0.39 is 0 Å². The minimum atomic E-state index is 0.0285. The Morgan fingerprint density at radius 2 is 2.05 bits per heavy atom. The molecule has 0 saturated carbocycles. The number of aryl methyl sites for hydroxylation is 4. The number of anilines is 1. The van der Waals surface area contributed by atoms with Crippen molar-refractivity contribution >= 4 is 22.9 Å². The molecule has 1 aromatic heterocycles. The zero-order valence-electron chi connectivity index (χ0n) is 12.4. The first-order valence-corrected chi connectivity index (χ1v) is 7.64. The number of thiazole rings is 1. The number of aromatic nitrogens is 1. The van der Waals surface area contributed by atoms with E-state index >= 15 is 0 Å². The van der Waals surface area contributed by atoms with E-state index in [1.165, 1.54) is 5.56 Å². The van der Waals surface area contributed by atoms with E-state index in [1.54, 1.807) is 11.3 Å². The van der Waals surface area contributed by atoms with Gasteiger partial charge in [-0.1, -0.05) is 25.1 Å². The normalized spacial score (nSPS) is 10.6.